The first-order chi connectivity index (χ1) is 13.1. The van der Waals surface area contributed by atoms with Gasteiger partial charge >= 0.3 is 7.12 Å². The van der Waals surface area contributed by atoms with E-state index in [1.165, 1.54) is 18.2 Å². The van der Waals surface area contributed by atoms with E-state index in [0.29, 0.717) is 38.4 Å². The molecule has 0 aromatic heterocycles. The molecule has 0 amide bonds. The lowest BCUT2D eigenvalue weighted by atomic mass is 9.89. The predicted molar refractivity (Wildman–Crippen MR) is 104 cm³/mol. The average molecular weight is 392 g/mol. The largest absolute Gasteiger partial charge is 0.487 e. The Hall–Kier alpha value is -1.81. The van der Waals surface area contributed by atoms with Crippen molar-refractivity contribution in [1.29, 1.82) is 0 Å². The van der Waals surface area contributed by atoms with Crippen LogP contribution in [0, 0.1) is 15.9 Å². The van der Waals surface area contributed by atoms with Crippen LogP contribution in [0.1, 0.15) is 38.8 Å². The van der Waals surface area contributed by atoms with Crippen LogP contribution in [0.5, 0.6) is 0 Å². The summed E-state index contributed by atoms with van der Waals surface area (Å²) in [4.78, 5) is 13.1. The van der Waals surface area contributed by atoms with Gasteiger partial charge in [0.15, 0.2) is 0 Å². The lowest BCUT2D eigenvalue weighted by Crippen LogP contribution is -2.41. The third-order valence-corrected chi connectivity index (χ3v) is 5.60. The number of ether oxygens (including phenoxy) is 1. The van der Waals surface area contributed by atoms with Crippen molar-refractivity contribution >= 4 is 18.9 Å². The molecule has 0 unspecified atom stereocenters. The van der Waals surface area contributed by atoms with Crippen molar-refractivity contribution in [3.05, 3.63) is 45.2 Å². The van der Waals surface area contributed by atoms with E-state index in [9.17, 15) is 14.5 Å². The Morgan fingerprint density at radius 3 is 2.39 bits per heavy atom. The molecule has 9 heteroatoms. The molecule has 0 saturated carbocycles. The highest BCUT2D eigenvalue weighted by Gasteiger charge is 2.50. The number of rotatable bonds is 5. The van der Waals surface area contributed by atoms with Crippen molar-refractivity contribution in [2.45, 2.75) is 45.4 Å². The molecule has 2 fully saturated rings. The molecule has 0 aliphatic carbocycles. The van der Waals surface area contributed by atoms with Crippen LogP contribution in [-0.2, 0) is 20.6 Å². The number of morpholine rings is 1. The molecule has 0 bridgehead atoms. The molecule has 0 N–H and O–H groups in total. The van der Waals surface area contributed by atoms with Crippen LogP contribution in [0.2, 0.25) is 0 Å². The first-order valence-electron chi connectivity index (χ1n) is 9.40. The quantitative estimate of drug-likeness (QED) is 0.435. The molecule has 0 radical (unpaired) electrons. The Morgan fingerprint density at radius 2 is 1.82 bits per heavy atom. The number of hydrogen-bond acceptors (Lipinski definition) is 6. The summed E-state index contributed by atoms with van der Waals surface area (Å²) in [5.74, 6) is 1.07. The summed E-state index contributed by atoms with van der Waals surface area (Å²) in [5, 5.41) is 11.5. The number of nitrogens with zero attached hydrogens (tertiary/aromatic N) is 2. The molecule has 3 rings (SSSR count). The maximum absolute atomic E-state index is 14.6. The van der Waals surface area contributed by atoms with E-state index >= 15 is 0 Å². The monoisotopic (exact) mass is 392 g/mol. The lowest BCUT2D eigenvalue weighted by molar-refractivity contribution is -0.385. The predicted octanol–water partition coefficient (Wildman–Crippen LogP) is 3.21. The summed E-state index contributed by atoms with van der Waals surface area (Å²) in [6, 6.07) is 2.52. The van der Waals surface area contributed by atoms with Gasteiger partial charge < -0.3 is 14.0 Å². The molecule has 7 nitrogen and oxygen atoms in total. The zero-order valence-corrected chi connectivity index (χ0v) is 16.7. The second kappa shape index (κ2) is 7.90. The van der Waals surface area contributed by atoms with Gasteiger partial charge in [-0.05, 0) is 33.8 Å². The third-order valence-electron chi connectivity index (χ3n) is 5.60. The maximum atomic E-state index is 14.6. The first-order valence-corrected chi connectivity index (χ1v) is 9.40. The maximum Gasteiger partial charge on any atom is 0.487 e. The van der Waals surface area contributed by atoms with E-state index in [1.807, 2.05) is 32.6 Å². The number of nitro groups is 1. The Balaban J connectivity index is 1.80. The van der Waals surface area contributed by atoms with Crippen LogP contribution < -0.4 is 0 Å². The number of benzene rings is 1. The van der Waals surface area contributed by atoms with E-state index in [1.54, 1.807) is 5.98 Å². The van der Waals surface area contributed by atoms with Crippen LogP contribution >= 0.6 is 0 Å². The standard InChI is InChI=1S/C19H26BFN2O5/c1-18(2)19(3,4)28-20(27-18)6-5-14-12-17(23(24)25)15(11-16(14)21)13-22-7-9-26-10-8-22/h5-6,11-12H,7-10,13H2,1-4H3/b6-5+. The van der Waals surface area contributed by atoms with Crippen LogP contribution in [0.4, 0.5) is 10.1 Å². The summed E-state index contributed by atoms with van der Waals surface area (Å²) < 4.78 is 31.6. The Bertz CT molecular complexity index is 762. The fourth-order valence-corrected chi connectivity index (χ4v) is 3.19. The molecular formula is C19H26BFN2O5. The fraction of sp³-hybridized carbons (Fsp3) is 0.579. The zero-order valence-electron chi connectivity index (χ0n) is 16.7. The number of nitro benzene ring substituents is 1. The Labute approximate surface area is 164 Å². The van der Waals surface area contributed by atoms with E-state index in [-0.39, 0.29) is 11.3 Å². The minimum absolute atomic E-state index is 0.0959. The summed E-state index contributed by atoms with van der Waals surface area (Å²) in [7, 11) is -0.642. The van der Waals surface area contributed by atoms with Crippen LogP contribution in [0.15, 0.2) is 18.1 Å². The third kappa shape index (κ3) is 4.43. The van der Waals surface area contributed by atoms with Gasteiger partial charge in [0.05, 0.1) is 29.3 Å². The highest BCUT2D eigenvalue weighted by Crippen LogP contribution is 2.37. The van der Waals surface area contributed by atoms with Crippen molar-refractivity contribution in [2.24, 2.45) is 0 Å². The lowest BCUT2D eigenvalue weighted by Gasteiger charge is -2.32. The van der Waals surface area contributed by atoms with Gasteiger partial charge in [-0.15, -0.1) is 0 Å². The number of halogens is 1. The van der Waals surface area contributed by atoms with Crippen LogP contribution in [-0.4, -0.2) is 54.4 Å². The highest BCUT2D eigenvalue weighted by atomic mass is 19.1. The zero-order chi connectivity index (χ0) is 20.5. The SMILES string of the molecule is CC1(C)OB(/C=C/c2cc([N+](=O)[O-])c(CN3CCOCC3)cc2F)OC1(C)C. The van der Waals surface area contributed by atoms with Crippen molar-refractivity contribution in [1.82, 2.24) is 4.90 Å². The second-order valence-corrected chi connectivity index (χ2v) is 8.13. The van der Waals surface area contributed by atoms with Gasteiger partial charge in [0.1, 0.15) is 5.82 Å². The van der Waals surface area contributed by atoms with Crippen molar-refractivity contribution in [3.63, 3.8) is 0 Å². The Morgan fingerprint density at radius 1 is 1.21 bits per heavy atom. The minimum Gasteiger partial charge on any atom is -0.400 e. The fourth-order valence-electron chi connectivity index (χ4n) is 3.19. The minimum atomic E-state index is -0.642. The average Bonchev–Trinajstić information content (AvgIpc) is 2.81. The van der Waals surface area contributed by atoms with Gasteiger partial charge in [0, 0.05) is 36.8 Å². The Kier molecular flexibility index (Phi) is 5.91. The van der Waals surface area contributed by atoms with Gasteiger partial charge in [0.25, 0.3) is 5.69 Å². The van der Waals surface area contributed by atoms with Crippen molar-refractivity contribution in [3.8, 4) is 0 Å². The molecule has 2 heterocycles. The topological polar surface area (TPSA) is 74.1 Å². The van der Waals surface area contributed by atoms with E-state index in [0.717, 1.165) is 0 Å². The van der Waals surface area contributed by atoms with Gasteiger partial charge in [-0.1, -0.05) is 12.1 Å². The molecule has 1 aromatic rings. The summed E-state index contributed by atoms with van der Waals surface area (Å²) >= 11 is 0. The first kappa shape index (κ1) is 20.9. The van der Waals surface area contributed by atoms with Crippen molar-refractivity contribution in [2.75, 3.05) is 26.3 Å². The summed E-state index contributed by atoms with van der Waals surface area (Å²) in [6.07, 6.45) is 1.48. The normalized spacial score (nSPS) is 22.1. The molecule has 28 heavy (non-hydrogen) atoms. The summed E-state index contributed by atoms with van der Waals surface area (Å²) in [6.45, 7) is 10.5. The van der Waals surface area contributed by atoms with Gasteiger partial charge in [-0.3, -0.25) is 15.0 Å². The molecule has 2 aliphatic rings. The molecule has 2 saturated heterocycles. The van der Waals surface area contributed by atoms with E-state index in [4.69, 9.17) is 14.0 Å². The van der Waals surface area contributed by atoms with Gasteiger partial charge in [-0.25, -0.2) is 4.39 Å². The second-order valence-electron chi connectivity index (χ2n) is 8.13. The molecule has 2 aliphatic heterocycles. The van der Waals surface area contributed by atoms with E-state index < -0.39 is 29.1 Å². The van der Waals surface area contributed by atoms with Crippen molar-refractivity contribution < 1.29 is 23.4 Å². The molecule has 0 atom stereocenters. The van der Waals surface area contributed by atoms with Gasteiger partial charge in [-0.2, -0.15) is 0 Å². The van der Waals surface area contributed by atoms with Gasteiger partial charge in [0.2, 0.25) is 0 Å². The van der Waals surface area contributed by atoms with Crippen LogP contribution in [0.25, 0.3) is 6.08 Å². The van der Waals surface area contributed by atoms with E-state index in [2.05, 4.69) is 0 Å². The highest BCUT2D eigenvalue weighted by molar-refractivity contribution is 6.52. The molecule has 0 spiro atoms. The molecule has 1 aromatic carbocycles. The van der Waals surface area contributed by atoms with Crippen LogP contribution in [0.3, 0.4) is 0 Å². The summed E-state index contributed by atoms with van der Waals surface area (Å²) in [5.41, 5.74) is -0.617. The molecule has 152 valence electrons. The smallest absolute Gasteiger partial charge is 0.400 e. The molecular weight excluding hydrogens is 366 g/mol. The number of hydrogen-bond donors (Lipinski definition) is 0.